The zero-order valence-electron chi connectivity index (χ0n) is 19.1. The second-order valence-corrected chi connectivity index (χ2v) is 8.48. The lowest BCUT2D eigenvalue weighted by Gasteiger charge is -2.38. The van der Waals surface area contributed by atoms with E-state index >= 15 is 0 Å². The summed E-state index contributed by atoms with van der Waals surface area (Å²) >= 11 is 0. The average Bonchev–Trinajstić information content (AvgIpc) is 3.36. The molecule has 0 saturated carbocycles. The number of rotatable bonds is 7. The standard InChI is InChI=1S/C26H34N6/c1-3-27-26(28-19-22-10-12-25(13-11-22)32-16-7-15-29-32)30-24-14-17-31(21(2)18-24)20-23-8-5-4-6-9-23/h4-13,15-16,21,24H,3,14,17-20H2,1-2H3,(H2,27,28,30). The van der Waals surface area contributed by atoms with Crippen LogP contribution in [0.4, 0.5) is 0 Å². The van der Waals surface area contributed by atoms with E-state index in [1.54, 1.807) is 6.20 Å². The second kappa shape index (κ2) is 11.0. The molecule has 4 rings (SSSR count). The van der Waals surface area contributed by atoms with Crippen LogP contribution in [0.15, 0.2) is 78.0 Å². The van der Waals surface area contributed by atoms with E-state index in [0.29, 0.717) is 18.6 Å². The Hall–Kier alpha value is -3.12. The quantitative estimate of drug-likeness (QED) is 0.440. The van der Waals surface area contributed by atoms with Crippen molar-refractivity contribution in [1.29, 1.82) is 0 Å². The lowest BCUT2D eigenvalue weighted by molar-refractivity contribution is 0.134. The predicted octanol–water partition coefficient (Wildman–Crippen LogP) is 3.98. The largest absolute Gasteiger partial charge is 0.357 e. The fourth-order valence-electron chi connectivity index (χ4n) is 4.26. The van der Waals surface area contributed by atoms with E-state index < -0.39 is 0 Å². The molecule has 0 bridgehead atoms. The van der Waals surface area contributed by atoms with E-state index in [4.69, 9.17) is 4.99 Å². The van der Waals surface area contributed by atoms with Gasteiger partial charge in [-0.2, -0.15) is 5.10 Å². The number of aliphatic imine (C=N–C) groups is 1. The van der Waals surface area contributed by atoms with Crippen LogP contribution >= 0.6 is 0 Å². The molecule has 0 amide bonds. The third kappa shape index (κ3) is 5.98. The first-order valence-electron chi connectivity index (χ1n) is 11.6. The normalized spacial score (nSPS) is 19.6. The minimum absolute atomic E-state index is 0.442. The van der Waals surface area contributed by atoms with Gasteiger partial charge in [0, 0.05) is 44.1 Å². The summed E-state index contributed by atoms with van der Waals surface area (Å²) in [5, 5.41) is 11.4. The van der Waals surface area contributed by atoms with Crippen LogP contribution in [0.3, 0.4) is 0 Å². The zero-order chi connectivity index (χ0) is 22.2. The Bertz CT molecular complexity index is 965. The molecule has 6 heteroatoms. The topological polar surface area (TPSA) is 57.5 Å². The number of aromatic nitrogens is 2. The van der Waals surface area contributed by atoms with Crippen LogP contribution in [0.2, 0.25) is 0 Å². The number of hydrogen-bond donors (Lipinski definition) is 2. The van der Waals surface area contributed by atoms with Crippen LogP contribution in [0.25, 0.3) is 5.69 Å². The minimum atomic E-state index is 0.442. The lowest BCUT2D eigenvalue weighted by atomic mass is 9.97. The highest BCUT2D eigenvalue weighted by Gasteiger charge is 2.25. The van der Waals surface area contributed by atoms with Gasteiger partial charge in [-0.15, -0.1) is 0 Å². The molecule has 2 heterocycles. The van der Waals surface area contributed by atoms with Crippen molar-refractivity contribution in [3.8, 4) is 5.69 Å². The van der Waals surface area contributed by atoms with E-state index in [1.807, 2.05) is 16.9 Å². The maximum absolute atomic E-state index is 4.84. The molecule has 0 radical (unpaired) electrons. The first-order valence-corrected chi connectivity index (χ1v) is 11.6. The molecular formula is C26H34N6. The summed E-state index contributed by atoms with van der Waals surface area (Å²) < 4.78 is 1.87. The van der Waals surface area contributed by atoms with Gasteiger partial charge in [0.1, 0.15) is 0 Å². The van der Waals surface area contributed by atoms with Gasteiger partial charge >= 0.3 is 0 Å². The summed E-state index contributed by atoms with van der Waals surface area (Å²) in [6.45, 7) is 8.08. The van der Waals surface area contributed by atoms with Gasteiger partial charge in [-0.05, 0) is 56.0 Å². The van der Waals surface area contributed by atoms with E-state index in [-0.39, 0.29) is 0 Å². The van der Waals surface area contributed by atoms with Crippen LogP contribution in [-0.4, -0.2) is 45.8 Å². The highest BCUT2D eigenvalue weighted by atomic mass is 15.3. The van der Waals surface area contributed by atoms with Gasteiger partial charge < -0.3 is 10.6 Å². The van der Waals surface area contributed by atoms with Crippen LogP contribution in [0.1, 0.15) is 37.8 Å². The second-order valence-electron chi connectivity index (χ2n) is 8.48. The molecular weight excluding hydrogens is 396 g/mol. The third-order valence-electron chi connectivity index (χ3n) is 6.05. The average molecular weight is 431 g/mol. The molecule has 3 aromatic rings. The molecule has 168 valence electrons. The molecule has 1 aliphatic heterocycles. The van der Waals surface area contributed by atoms with Gasteiger partial charge in [-0.3, -0.25) is 4.90 Å². The number of likely N-dealkylation sites (tertiary alicyclic amines) is 1. The van der Waals surface area contributed by atoms with Crippen molar-refractivity contribution in [3.63, 3.8) is 0 Å². The van der Waals surface area contributed by atoms with Gasteiger partial charge in [-0.1, -0.05) is 42.5 Å². The SMILES string of the molecule is CCNC(=NCc1ccc(-n2cccn2)cc1)NC1CCN(Cc2ccccc2)C(C)C1. The van der Waals surface area contributed by atoms with Crippen LogP contribution < -0.4 is 10.6 Å². The van der Waals surface area contributed by atoms with E-state index in [0.717, 1.165) is 44.1 Å². The Balaban J connectivity index is 1.31. The number of nitrogens with zero attached hydrogens (tertiary/aromatic N) is 4. The molecule has 2 aromatic carbocycles. The van der Waals surface area contributed by atoms with E-state index in [2.05, 4.69) is 89.1 Å². The molecule has 2 atom stereocenters. The Morgan fingerprint density at radius 3 is 2.56 bits per heavy atom. The molecule has 6 nitrogen and oxygen atoms in total. The first kappa shape index (κ1) is 22.1. The summed E-state index contributed by atoms with van der Waals surface area (Å²) in [4.78, 5) is 7.42. The molecule has 1 saturated heterocycles. The first-order chi connectivity index (χ1) is 15.7. The zero-order valence-corrected chi connectivity index (χ0v) is 19.1. The van der Waals surface area contributed by atoms with Crippen LogP contribution in [0, 0.1) is 0 Å². The fraction of sp³-hybridized carbons (Fsp3) is 0.385. The summed E-state index contributed by atoms with van der Waals surface area (Å²) in [6.07, 6.45) is 5.99. The number of hydrogen-bond acceptors (Lipinski definition) is 3. The predicted molar refractivity (Wildman–Crippen MR) is 131 cm³/mol. The summed E-state index contributed by atoms with van der Waals surface area (Å²) in [5.41, 5.74) is 3.63. The highest BCUT2D eigenvalue weighted by molar-refractivity contribution is 5.80. The van der Waals surface area contributed by atoms with Crippen molar-refractivity contribution in [2.45, 2.75) is 51.9 Å². The Labute approximate surface area is 191 Å². The lowest BCUT2D eigenvalue weighted by Crippen LogP contribution is -2.51. The summed E-state index contributed by atoms with van der Waals surface area (Å²) in [6, 6.07) is 22.1. The van der Waals surface area contributed by atoms with Crippen molar-refractivity contribution in [2.24, 2.45) is 4.99 Å². The van der Waals surface area contributed by atoms with Crippen LogP contribution in [0.5, 0.6) is 0 Å². The third-order valence-corrected chi connectivity index (χ3v) is 6.05. The van der Waals surface area contributed by atoms with Gasteiger partial charge in [-0.25, -0.2) is 9.67 Å². The molecule has 2 unspecified atom stereocenters. The van der Waals surface area contributed by atoms with Crippen molar-refractivity contribution in [3.05, 3.63) is 84.2 Å². The Morgan fingerprint density at radius 1 is 1.06 bits per heavy atom. The Kier molecular flexibility index (Phi) is 7.56. The maximum atomic E-state index is 4.84. The molecule has 2 N–H and O–H groups in total. The molecule has 0 aliphatic carbocycles. The van der Waals surface area contributed by atoms with Gasteiger partial charge in [0.15, 0.2) is 5.96 Å². The molecule has 1 aliphatic rings. The van der Waals surface area contributed by atoms with Crippen molar-refractivity contribution in [1.82, 2.24) is 25.3 Å². The molecule has 1 fully saturated rings. The number of benzene rings is 2. The van der Waals surface area contributed by atoms with Gasteiger partial charge in [0.25, 0.3) is 0 Å². The fourth-order valence-corrected chi connectivity index (χ4v) is 4.26. The van der Waals surface area contributed by atoms with E-state index in [1.165, 1.54) is 11.1 Å². The Morgan fingerprint density at radius 2 is 1.88 bits per heavy atom. The number of guanidine groups is 1. The highest BCUT2D eigenvalue weighted by Crippen LogP contribution is 2.20. The molecule has 1 aromatic heterocycles. The molecule has 0 spiro atoms. The number of nitrogens with one attached hydrogen (secondary N) is 2. The van der Waals surface area contributed by atoms with Crippen molar-refractivity contribution < 1.29 is 0 Å². The summed E-state index contributed by atoms with van der Waals surface area (Å²) in [5.74, 6) is 0.900. The minimum Gasteiger partial charge on any atom is -0.357 e. The van der Waals surface area contributed by atoms with Crippen molar-refractivity contribution >= 4 is 5.96 Å². The molecule has 32 heavy (non-hydrogen) atoms. The van der Waals surface area contributed by atoms with Crippen LogP contribution in [-0.2, 0) is 13.1 Å². The monoisotopic (exact) mass is 430 g/mol. The van der Waals surface area contributed by atoms with Gasteiger partial charge in [0.2, 0.25) is 0 Å². The smallest absolute Gasteiger partial charge is 0.191 e. The number of piperidine rings is 1. The summed E-state index contributed by atoms with van der Waals surface area (Å²) in [7, 11) is 0. The maximum Gasteiger partial charge on any atom is 0.191 e. The van der Waals surface area contributed by atoms with Gasteiger partial charge in [0.05, 0.1) is 12.2 Å². The van der Waals surface area contributed by atoms with Crippen molar-refractivity contribution in [2.75, 3.05) is 13.1 Å². The van der Waals surface area contributed by atoms with E-state index in [9.17, 15) is 0 Å².